The number of hydrogen-bond acceptors (Lipinski definition) is 6. The molecule has 0 amide bonds. The first-order valence-electron chi connectivity index (χ1n) is 8.64. The molecule has 3 rings (SSSR count). The molecule has 0 unspecified atom stereocenters. The zero-order valence-corrected chi connectivity index (χ0v) is 15.4. The van der Waals surface area contributed by atoms with Gasteiger partial charge in [-0.25, -0.2) is 4.98 Å². The van der Waals surface area contributed by atoms with Crippen LogP contribution in [0.4, 0.5) is 5.82 Å². The van der Waals surface area contributed by atoms with Gasteiger partial charge >= 0.3 is 7.12 Å². The maximum absolute atomic E-state index is 9.20. The molecular weight excluding hydrogens is 305 g/mol. The maximum Gasteiger partial charge on any atom is 0.496 e. The molecular formula is C17H28BN3O3. The van der Waals surface area contributed by atoms with E-state index in [1.54, 1.807) is 0 Å². The van der Waals surface area contributed by atoms with E-state index >= 15 is 0 Å². The molecule has 0 spiro atoms. The summed E-state index contributed by atoms with van der Waals surface area (Å²) in [6.45, 7) is 13.9. The van der Waals surface area contributed by atoms with E-state index in [9.17, 15) is 5.11 Å². The van der Waals surface area contributed by atoms with Gasteiger partial charge in [-0.15, -0.1) is 0 Å². The lowest BCUT2D eigenvalue weighted by Gasteiger charge is -2.34. The van der Waals surface area contributed by atoms with Crippen LogP contribution in [0, 0.1) is 6.92 Å². The fourth-order valence-electron chi connectivity index (χ4n) is 3.06. The molecule has 2 aliphatic heterocycles. The van der Waals surface area contributed by atoms with E-state index in [2.05, 4.69) is 50.6 Å². The van der Waals surface area contributed by atoms with Crippen molar-refractivity contribution >= 4 is 18.4 Å². The minimum absolute atomic E-state index is 0.126. The summed E-state index contributed by atoms with van der Waals surface area (Å²) >= 11 is 0. The highest BCUT2D eigenvalue weighted by atomic mass is 16.7. The molecule has 7 heteroatoms. The molecule has 2 fully saturated rings. The summed E-state index contributed by atoms with van der Waals surface area (Å²) in [7, 11) is -0.372. The summed E-state index contributed by atoms with van der Waals surface area (Å²) in [6, 6.07) is 2.11. The van der Waals surface area contributed by atoms with Crippen LogP contribution < -0.4 is 10.4 Å². The Morgan fingerprint density at radius 3 is 2.21 bits per heavy atom. The lowest BCUT2D eigenvalue weighted by molar-refractivity contribution is 0.00578. The Balaban J connectivity index is 1.74. The SMILES string of the molecule is Cc1cc(N2CCN(CO)CC2)ncc1B1OC(C)(C)C(C)(C)O1. The van der Waals surface area contributed by atoms with E-state index in [1.807, 2.05) is 11.1 Å². The van der Waals surface area contributed by atoms with E-state index in [4.69, 9.17) is 9.31 Å². The van der Waals surface area contributed by atoms with Gasteiger partial charge in [-0.05, 0) is 46.2 Å². The number of aliphatic hydroxyl groups is 1. The van der Waals surface area contributed by atoms with Crippen molar-refractivity contribution in [2.45, 2.75) is 45.8 Å². The van der Waals surface area contributed by atoms with Crippen molar-refractivity contribution in [3.05, 3.63) is 17.8 Å². The quantitative estimate of drug-likeness (QED) is 0.825. The molecule has 0 saturated carbocycles. The van der Waals surface area contributed by atoms with Crippen LogP contribution in [-0.4, -0.2) is 66.2 Å². The molecule has 3 heterocycles. The summed E-state index contributed by atoms with van der Waals surface area (Å²) < 4.78 is 12.3. The second-order valence-electron chi connectivity index (χ2n) is 7.73. The Kier molecular flexibility index (Phi) is 4.64. The summed E-state index contributed by atoms with van der Waals surface area (Å²) in [5.41, 5.74) is 1.43. The molecule has 1 N–H and O–H groups in total. The number of anilines is 1. The molecule has 0 aromatic carbocycles. The van der Waals surface area contributed by atoms with Crippen LogP contribution in [0.2, 0.25) is 0 Å². The second-order valence-corrected chi connectivity index (χ2v) is 7.73. The Morgan fingerprint density at radius 1 is 1.12 bits per heavy atom. The van der Waals surface area contributed by atoms with E-state index in [1.165, 1.54) is 0 Å². The zero-order valence-electron chi connectivity index (χ0n) is 15.4. The standard InChI is InChI=1S/C17H28BN3O3/c1-13-10-15(21-8-6-20(12-22)7-9-21)19-11-14(13)18-23-16(2,3)17(4,5)24-18/h10-11,22H,6-9,12H2,1-5H3. The van der Waals surface area contributed by atoms with Gasteiger partial charge in [-0.1, -0.05) is 0 Å². The van der Waals surface area contributed by atoms with E-state index < -0.39 is 0 Å². The van der Waals surface area contributed by atoms with E-state index in [-0.39, 0.29) is 25.1 Å². The van der Waals surface area contributed by atoms with Crippen LogP contribution in [0.3, 0.4) is 0 Å². The molecule has 0 bridgehead atoms. The molecule has 1 aromatic rings. The maximum atomic E-state index is 9.20. The van der Waals surface area contributed by atoms with Crippen LogP contribution in [0.25, 0.3) is 0 Å². The van der Waals surface area contributed by atoms with Crippen molar-refractivity contribution < 1.29 is 14.4 Å². The fraction of sp³-hybridized carbons (Fsp3) is 0.706. The van der Waals surface area contributed by atoms with Crippen molar-refractivity contribution in [3.8, 4) is 0 Å². The fourth-order valence-corrected chi connectivity index (χ4v) is 3.06. The van der Waals surface area contributed by atoms with Crippen molar-refractivity contribution in [1.29, 1.82) is 0 Å². The van der Waals surface area contributed by atoms with Gasteiger partial charge in [-0.3, -0.25) is 4.90 Å². The summed E-state index contributed by atoms with van der Waals surface area (Å²) in [4.78, 5) is 8.93. The average molecular weight is 333 g/mol. The van der Waals surface area contributed by atoms with Crippen LogP contribution in [0.5, 0.6) is 0 Å². The first-order valence-corrected chi connectivity index (χ1v) is 8.64. The van der Waals surface area contributed by atoms with E-state index in [0.29, 0.717) is 0 Å². The number of aryl methyl sites for hydroxylation is 1. The second kappa shape index (κ2) is 6.30. The van der Waals surface area contributed by atoms with Crippen molar-refractivity contribution in [3.63, 3.8) is 0 Å². The molecule has 0 aliphatic carbocycles. The van der Waals surface area contributed by atoms with Crippen LogP contribution in [0.1, 0.15) is 33.3 Å². The summed E-state index contributed by atoms with van der Waals surface area (Å²) in [6.07, 6.45) is 1.88. The molecule has 2 saturated heterocycles. The molecule has 0 atom stereocenters. The Labute approximate surface area is 144 Å². The van der Waals surface area contributed by atoms with Gasteiger partial charge in [0.2, 0.25) is 0 Å². The molecule has 24 heavy (non-hydrogen) atoms. The highest BCUT2D eigenvalue weighted by Crippen LogP contribution is 2.36. The minimum atomic E-state index is -0.372. The van der Waals surface area contributed by atoms with Crippen LogP contribution in [-0.2, 0) is 9.31 Å². The van der Waals surface area contributed by atoms with Gasteiger partial charge in [-0.2, -0.15) is 0 Å². The van der Waals surface area contributed by atoms with Gasteiger partial charge in [0.1, 0.15) is 5.82 Å². The number of pyridine rings is 1. The monoisotopic (exact) mass is 333 g/mol. The predicted molar refractivity (Wildman–Crippen MR) is 95.6 cm³/mol. The third-order valence-electron chi connectivity index (χ3n) is 5.54. The largest absolute Gasteiger partial charge is 0.496 e. The molecule has 0 radical (unpaired) electrons. The molecule has 1 aromatic heterocycles. The predicted octanol–water partition coefficient (Wildman–Crippen LogP) is 0.761. The van der Waals surface area contributed by atoms with Gasteiger partial charge in [0.05, 0.1) is 17.9 Å². The Bertz CT molecular complexity index is 585. The van der Waals surface area contributed by atoms with Crippen molar-refractivity contribution in [1.82, 2.24) is 9.88 Å². The third-order valence-corrected chi connectivity index (χ3v) is 5.54. The normalized spacial score (nSPS) is 23.8. The lowest BCUT2D eigenvalue weighted by Crippen LogP contribution is -2.47. The Hall–Kier alpha value is -1.15. The molecule has 2 aliphatic rings. The zero-order chi connectivity index (χ0) is 17.5. The van der Waals surface area contributed by atoms with Gasteiger partial charge in [0.15, 0.2) is 0 Å². The summed E-state index contributed by atoms with van der Waals surface area (Å²) in [5, 5.41) is 9.20. The number of aromatic nitrogens is 1. The van der Waals surface area contributed by atoms with Crippen LogP contribution in [0.15, 0.2) is 12.3 Å². The van der Waals surface area contributed by atoms with Gasteiger partial charge < -0.3 is 19.3 Å². The average Bonchev–Trinajstić information content (AvgIpc) is 2.75. The number of piperazine rings is 1. The summed E-state index contributed by atoms with van der Waals surface area (Å²) in [5.74, 6) is 0.977. The van der Waals surface area contributed by atoms with Crippen LogP contribution >= 0.6 is 0 Å². The minimum Gasteiger partial charge on any atom is -0.399 e. The first-order chi connectivity index (χ1) is 11.2. The van der Waals surface area contributed by atoms with Gasteiger partial charge in [0, 0.05) is 37.8 Å². The number of hydrogen-bond donors (Lipinski definition) is 1. The lowest BCUT2D eigenvalue weighted by atomic mass is 9.77. The third kappa shape index (κ3) is 3.18. The van der Waals surface area contributed by atoms with Crippen molar-refractivity contribution in [2.24, 2.45) is 0 Å². The molecule has 132 valence electrons. The molecule has 6 nitrogen and oxygen atoms in total. The Morgan fingerprint density at radius 2 is 1.71 bits per heavy atom. The first kappa shape index (κ1) is 17.7. The smallest absolute Gasteiger partial charge is 0.399 e. The van der Waals surface area contributed by atoms with Gasteiger partial charge in [0.25, 0.3) is 0 Å². The highest BCUT2D eigenvalue weighted by molar-refractivity contribution is 6.62. The number of nitrogens with zero attached hydrogens (tertiary/aromatic N) is 3. The highest BCUT2D eigenvalue weighted by Gasteiger charge is 2.52. The van der Waals surface area contributed by atoms with E-state index in [0.717, 1.165) is 43.0 Å². The van der Waals surface area contributed by atoms with Crippen molar-refractivity contribution in [2.75, 3.05) is 37.8 Å². The number of rotatable bonds is 3. The number of aliphatic hydroxyl groups excluding tert-OH is 1. The topological polar surface area (TPSA) is 58.1 Å².